The Bertz CT molecular complexity index is 601. The van der Waals surface area contributed by atoms with Crippen molar-refractivity contribution < 1.29 is 18.4 Å². The normalized spacial score (nSPS) is 18.5. The second-order valence-electron chi connectivity index (χ2n) is 5.76. The van der Waals surface area contributed by atoms with E-state index < -0.39 is 17.7 Å². The fourth-order valence-corrected chi connectivity index (χ4v) is 2.77. The van der Waals surface area contributed by atoms with Gasteiger partial charge in [-0.25, -0.2) is 8.78 Å². The number of benzene rings is 1. The molecule has 134 valence electrons. The molecule has 2 atom stereocenters. The van der Waals surface area contributed by atoms with Gasteiger partial charge in [-0.2, -0.15) is 0 Å². The van der Waals surface area contributed by atoms with E-state index in [4.69, 9.17) is 0 Å². The van der Waals surface area contributed by atoms with Gasteiger partial charge in [-0.15, -0.1) is 12.4 Å². The number of hydrogen-bond donors (Lipinski definition) is 2. The van der Waals surface area contributed by atoms with E-state index in [1.165, 1.54) is 13.0 Å². The number of nitrogens with zero attached hydrogens (tertiary/aromatic N) is 1. The van der Waals surface area contributed by atoms with Crippen LogP contribution in [0.1, 0.15) is 31.9 Å². The zero-order chi connectivity index (χ0) is 17.0. The van der Waals surface area contributed by atoms with Gasteiger partial charge in [-0.05, 0) is 13.0 Å². The first-order valence-corrected chi connectivity index (χ1v) is 7.60. The van der Waals surface area contributed by atoms with E-state index in [-0.39, 0.29) is 42.2 Å². The highest BCUT2D eigenvalue weighted by Crippen LogP contribution is 2.23. The van der Waals surface area contributed by atoms with Gasteiger partial charge in [0.15, 0.2) is 0 Å². The zero-order valence-electron chi connectivity index (χ0n) is 13.6. The van der Waals surface area contributed by atoms with Crippen LogP contribution < -0.4 is 10.6 Å². The van der Waals surface area contributed by atoms with Gasteiger partial charge in [0.1, 0.15) is 11.6 Å². The number of hydrogen-bond acceptors (Lipinski definition) is 3. The van der Waals surface area contributed by atoms with Crippen molar-refractivity contribution in [1.29, 1.82) is 0 Å². The number of amides is 2. The van der Waals surface area contributed by atoms with Crippen LogP contribution >= 0.6 is 12.4 Å². The predicted molar refractivity (Wildman–Crippen MR) is 88.8 cm³/mol. The number of rotatable bonds is 4. The molecule has 2 rings (SSSR count). The number of halogens is 3. The maximum Gasteiger partial charge on any atom is 0.225 e. The Morgan fingerprint density at radius 1 is 1.42 bits per heavy atom. The third-order valence-electron chi connectivity index (χ3n) is 3.92. The van der Waals surface area contributed by atoms with Crippen LogP contribution in [0.25, 0.3) is 0 Å². The van der Waals surface area contributed by atoms with Crippen LogP contribution in [0.4, 0.5) is 8.78 Å². The average molecular weight is 362 g/mol. The molecule has 0 saturated carbocycles. The van der Waals surface area contributed by atoms with Crippen molar-refractivity contribution in [1.82, 2.24) is 15.5 Å². The Labute approximate surface area is 146 Å². The van der Waals surface area contributed by atoms with Crippen molar-refractivity contribution in [3.63, 3.8) is 0 Å². The van der Waals surface area contributed by atoms with Crippen LogP contribution in [0.5, 0.6) is 0 Å². The van der Waals surface area contributed by atoms with Gasteiger partial charge in [-0.3, -0.25) is 9.59 Å². The lowest BCUT2D eigenvalue weighted by Gasteiger charge is -2.35. The lowest BCUT2D eigenvalue weighted by atomic mass is 10.0. The van der Waals surface area contributed by atoms with E-state index in [1.807, 2.05) is 6.92 Å². The largest absolute Gasteiger partial charge is 0.349 e. The molecule has 0 bridgehead atoms. The molecule has 0 radical (unpaired) electrons. The highest BCUT2D eigenvalue weighted by Gasteiger charge is 2.27. The van der Waals surface area contributed by atoms with Gasteiger partial charge in [0.2, 0.25) is 11.8 Å². The van der Waals surface area contributed by atoms with Gasteiger partial charge >= 0.3 is 0 Å². The van der Waals surface area contributed by atoms with E-state index in [0.29, 0.717) is 19.6 Å². The van der Waals surface area contributed by atoms with Gasteiger partial charge in [0.25, 0.3) is 0 Å². The molecule has 1 aromatic rings. The molecule has 1 aliphatic rings. The molecular formula is C16H22ClF2N3O2. The summed E-state index contributed by atoms with van der Waals surface area (Å²) in [5.74, 6) is -2.01. The fraction of sp³-hybridized carbons (Fsp3) is 0.500. The molecule has 24 heavy (non-hydrogen) atoms. The number of carbonyl (C=O) groups is 2. The Morgan fingerprint density at radius 3 is 2.71 bits per heavy atom. The second-order valence-corrected chi connectivity index (χ2v) is 5.76. The van der Waals surface area contributed by atoms with Crippen LogP contribution in [-0.2, 0) is 9.59 Å². The maximum atomic E-state index is 14.0. The minimum atomic E-state index is -0.817. The summed E-state index contributed by atoms with van der Waals surface area (Å²) < 4.78 is 27.1. The molecule has 1 aliphatic heterocycles. The van der Waals surface area contributed by atoms with Crippen molar-refractivity contribution in [2.75, 3.05) is 19.6 Å². The molecule has 0 spiro atoms. The monoisotopic (exact) mass is 361 g/mol. The average Bonchev–Trinajstić information content (AvgIpc) is 2.46. The van der Waals surface area contributed by atoms with Crippen LogP contribution in [0, 0.1) is 11.6 Å². The summed E-state index contributed by atoms with van der Waals surface area (Å²) >= 11 is 0. The van der Waals surface area contributed by atoms with Crippen molar-refractivity contribution >= 4 is 24.2 Å². The lowest BCUT2D eigenvalue weighted by Crippen LogP contribution is -2.52. The van der Waals surface area contributed by atoms with E-state index in [1.54, 1.807) is 4.90 Å². The van der Waals surface area contributed by atoms with Gasteiger partial charge in [-0.1, -0.05) is 6.07 Å². The van der Waals surface area contributed by atoms with Gasteiger partial charge in [0, 0.05) is 44.2 Å². The molecule has 1 saturated heterocycles. The molecule has 8 heteroatoms. The molecule has 1 heterocycles. The SMILES string of the molecule is CC(=O)NC(CC(=O)N1CCNC[C@H]1C)c1ccc(F)cc1F.Cl. The van der Waals surface area contributed by atoms with E-state index in [9.17, 15) is 18.4 Å². The molecule has 0 aromatic heterocycles. The van der Waals surface area contributed by atoms with E-state index in [0.717, 1.165) is 12.1 Å². The Hall–Kier alpha value is -1.73. The molecule has 5 nitrogen and oxygen atoms in total. The van der Waals surface area contributed by atoms with Crippen LogP contribution in [0.15, 0.2) is 18.2 Å². The summed E-state index contributed by atoms with van der Waals surface area (Å²) in [6, 6.07) is 2.35. The highest BCUT2D eigenvalue weighted by molar-refractivity contribution is 5.85. The first kappa shape index (κ1) is 20.3. The quantitative estimate of drug-likeness (QED) is 0.859. The van der Waals surface area contributed by atoms with Crippen molar-refractivity contribution in [2.45, 2.75) is 32.4 Å². The number of piperazine rings is 1. The third kappa shape index (κ3) is 5.14. The summed E-state index contributed by atoms with van der Waals surface area (Å²) in [6.45, 7) is 5.19. The predicted octanol–water partition coefficient (Wildman–Crippen LogP) is 1.77. The molecule has 0 aliphatic carbocycles. The van der Waals surface area contributed by atoms with Gasteiger partial charge in [0.05, 0.1) is 12.5 Å². The molecule has 1 aromatic carbocycles. The summed E-state index contributed by atoms with van der Waals surface area (Å²) in [4.78, 5) is 25.6. The Balaban J connectivity index is 0.00000288. The summed E-state index contributed by atoms with van der Waals surface area (Å²) in [6.07, 6.45) is -0.0630. The fourth-order valence-electron chi connectivity index (χ4n) is 2.77. The summed E-state index contributed by atoms with van der Waals surface area (Å²) in [5, 5.41) is 5.76. The third-order valence-corrected chi connectivity index (χ3v) is 3.92. The van der Waals surface area contributed by atoms with Crippen molar-refractivity contribution in [3.8, 4) is 0 Å². The van der Waals surface area contributed by atoms with Gasteiger partial charge < -0.3 is 15.5 Å². The molecule has 1 unspecified atom stereocenters. The summed E-state index contributed by atoms with van der Waals surface area (Å²) in [7, 11) is 0. The minimum Gasteiger partial charge on any atom is -0.349 e. The zero-order valence-corrected chi connectivity index (χ0v) is 14.5. The molecule has 2 amide bonds. The van der Waals surface area contributed by atoms with Crippen LogP contribution in [-0.4, -0.2) is 42.4 Å². The minimum absolute atomic E-state index is 0. The summed E-state index contributed by atoms with van der Waals surface area (Å²) in [5.41, 5.74) is 0.109. The van der Waals surface area contributed by atoms with Crippen molar-refractivity contribution in [3.05, 3.63) is 35.4 Å². The maximum absolute atomic E-state index is 14.0. The highest BCUT2D eigenvalue weighted by atomic mass is 35.5. The van der Waals surface area contributed by atoms with Crippen LogP contribution in [0.2, 0.25) is 0 Å². The number of nitrogens with one attached hydrogen (secondary N) is 2. The number of carbonyl (C=O) groups excluding carboxylic acids is 2. The Kier molecular flexibility index (Phi) is 7.57. The van der Waals surface area contributed by atoms with Crippen LogP contribution in [0.3, 0.4) is 0 Å². The molecule has 1 fully saturated rings. The van der Waals surface area contributed by atoms with E-state index in [2.05, 4.69) is 10.6 Å². The first-order chi connectivity index (χ1) is 10.9. The van der Waals surface area contributed by atoms with Crippen molar-refractivity contribution in [2.24, 2.45) is 0 Å². The Morgan fingerprint density at radius 2 is 2.12 bits per heavy atom. The van der Waals surface area contributed by atoms with E-state index >= 15 is 0 Å². The second kappa shape index (κ2) is 8.94. The lowest BCUT2D eigenvalue weighted by molar-refractivity contribution is -0.134. The smallest absolute Gasteiger partial charge is 0.225 e. The topological polar surface area (TPSA) is 61.4 Å². The molecule has 2 N–H and O–H groups in total. The molecular weight excluding hydrogens is 340 g/mol. The first-order valence-electron chi connectivity index (χ1n) is 7.60. The standard InChI is InChI=1S/C16H21F2N3O2.ClH/c1-10-9-19-5-6-21(10)16(23)8-15(20-11(2)22)13-4-3-12(17)7-14(13)18;/h3-4,7,10,15,19H,5-6,8-9H2,1-2H3,(H,20,22);1H/t10-,15?;/m1./s1.